The Morgan fingerprint density at radius 3 is 2.52 bits per heavy atom. The number of aromatic nitrogens is 1. The summed E-state index contributed by atoms with van der Waals surface area (Å²) in [5, 5.41) is 6.32. The van der Waals surface area contributed by atoms with Gasteiger partial charge in [-0.05, 0) is 35.6 Å². The first-order chi connectivity index (χ1) is 10.0. The Bertz CT molecular complexity index is 673. The quantitative estimate of drug-likeness (QED) is 0.813. The zero-order valence-corrected chi connectivity index (χ0v) is 13.0. The standard InChI is InChI=1S/C14H18N4O2S/c1-4-9-5-7-10(8-6-9)15-13-11(12(19)17-21-13)16-14(20)18(2)3/h5-8,15H,4H2,1-3H3,(H,16,20)(H,17,19). The van der Waals surface area contributed by atoms with Gasteiger partial charge in [0.15, 0.2) is 0 Å². The molecule has 1 aromatic heterocycles. The zero-order valence-electron chi connectivity index (χ0n) is 12.2. The van der Waals surface area contributed by atoms with Crippen molar-refractivity contribution in [2.24, 2.45) is 0 Å². The Labute approximate surface area is 126 Å². The largest absolute Gasteiger partial charge is 0.344 e. The van der Waals surface area contributed by atoms with Gasteiger partial charge in [-0.1, -0.05) is 19.1 Å². The summed E-state index contributed by atoms with van der Waals surface area (Å²) in [4.78, 5) is 24.8. The van der Waals surface area contributed by atoms with Crippen LogP contribution in [0.5, 0.6) is 0 Å². The number of nitrogens with zero attached hydrogens (tertiary/aromatic N) is 1. The van der Waals surface area contributed by atoms with E-state index in [1.807, 2.05) is 24.3 Å². The number of amides is 2. The molecule has 2 amide bonds. The molecule has 0 atom stereocenters. The van der Waals surface area contributed by atoms with Gasteiger partial charge >= 0.3 is 6.03 Å². The second kappa shape index (κ2) is 6.45. The molecule has 7 heteroatoms. The lowest BCUT2D eigenvalue weighted by Crippen LogP contribution is -2.29. The predicted molar refractivity (Wildman–Crippen MR) is 86.7 cm³/mol. The van der Waals surface area contributed by atoms with Gasteiger partial charge in [-0.15, -0.1) is 0 Å². The number of aromatic amines is 1. The number of nitrogens with one attached hydrogen (secondary N) is 3. The molecular weight excluding hydrogens is 288 g/mol. The van der Waals surface area contributed by atoms with Gasteiger partial charge < -0.3 is 15.5 Å². The lowest BCUT2D eigenvalue weighted by atomic mass is 10.1. The smallest absolute Gasteiger partial charge is 0.321 e. The molecule has 0 saturated heterocycles. The SMILES string of the molecule is CCc1ccc(Nc2s[nH]c(=O)c2NC(=O)N(C)C)cc1. The molecular formula is C14H18N4O2S. The summed E-state index contributed by atoms with van der Waals surface area (Å²) in [5.74, 6) is 0. The van der Waals surface area contributed by atoms with Gasteiger partial charge in [0, 0.05) is 19.8 Å². The first-order valence-corrected chi connectivity index (χ1v) is 7.38. The lowest BCUT2D eigenvalue weighted by Gasteiger charge is -2.12. The van der Waals surface area contributed by atoms with Crippen LogP contribution in [-0.2, 0) is 6.42 Å². The van der Waals surface area contributed by atoms with Crippen molar-refractivity contribution < 1.29 is 4.79 Å². The minimum Gasteiger partial charge on any atom is -0.344 e. The van der Waals surface area contributed by atoms with Crippen LogP contribution in [0.25, 0.3) is 0 Å². The number of aryl methyl sites for hydroxylation is 1. The van der Waals surface area contributed by atoms with Crippen molar-refractivity contribution in [1.29, 1.82) is 0 Å². The molecule has 3 N–H and O–H groups in total. The highest BCUT2D eigenvalue weighted by molar-refractivity contribution is 7.11. The van der Waals surface area contributed by atoms with Gasteiger partial charge in [-0.2, -0.15) is 0 Å². The second-order valence-electron chi connectivity index (χ2n) is 4.74. The van der Waals surface area contributed by atoms with Crippen LogP contribution in [0.2, 0.25) is 0 Å². The average Bonchev–Trinajstić information content (AvgIpc) is 2.81. The van der Waals surface area contributed by atoms with E-state index >= 15 is 0 Å². The number of carbonyl (C=O) groups excluding carboxylic acids is 1. The Morgan fingerprint density at radius 1 is 1.29 bits per heavy atom. The molecule has 0 spiro atoms. The monoisotopic (exact) mass is 306 g/mol. The third-order valence-electron chi connectivity index (χ3n) is 2.96. The molecule has 2 rings (SSSR count). The zero-order chi connectivity index (χ0) is 15.4. The summed E-state index contributed by atoms with van der Waals surface area (Å²) in [6.07, 6.45) is 0.974. The fourth-order valence-electron chi connectivity index (χ4n) is 1.68. The summed E-state index contributed by atoms with van der Waals surface area (Å²) in [7, 11) is 3.24. The third kappa shape index (κ3) is 3.63. The van der Waals surface area contributed by atoms with Crippen molar-refractivity contribution in [3.8, 4) is 0 Å². The van der Waals surface area contributed by atoms with Crippen LogP contribution >= 0.6 is 11.5 Å². The topological polar surface area (TPSA) is 77.2 Å². The number of hydrogen-bond donors (Lipinski definition) is 3. The number of hydrogen-bond acceptors (Lipinski definition) is 4. The minimum absolute atomic E-state index is 0.235. The van der Waals surface area contributed by atoms with Crippen LogP contribution in [0, 0.1) is 0 Å². The highest BCUT2D eigenvalue weighted by Gasteiger charge is 2.14. The Balaban J connectivity index is 2.20. The molecule has 0 saturated carbocycles. The molecule has 0 aliphatic heterocycles. The Kier molecular flexibility index (Phi) is 4.64. The van der Waals surface area contributed by atoms with Crippen LogP contribution in [0.1, 0.15) is 12.5 Å². The van der Waals surface area contributed by atoms with Crippen LogP contribution in [-0.4, -0.2) is 29.4 Å². The highest BCUT2D eigenvalue weighted by Crippen LogP contribution is 2.26. The summed E-state index contributed by atoms with van der Waals surface area (Å²) >= 11 is 1.15. The first kappa shape index (κ1) is 15.1. The molecule has 0 unspecified atom stereocenters. The molecule has 1 heterocycles. The molecule has 0 aliphatic carbocycles. The number of carbonyl (C=O) groups is 1. The number of urea groups is 1. The highest BCUT2D eigenvalue weighted by atomic mass is 32.1. The molecule has 2 aromatic rings. The van der Waals surface area contributed by atoms with Crippen molar-refractivity contribution in [3.05, 3.63) is 40.2 Å². The minimum atomic E-state index is -0.344. The maximum atomic E-state index is 11.8. The molecule has 6 nitrogen and oxygen atoms in total. The Hall–Kier alpha value is -2.28. The van der Waals surface area contributed by atoms with E-state index in [1.165, 1.54) is 10.5 Å². The molecule has 0 aliphatic rings. The van der Waals surface area contributed by atoms with Gasteiger partial charge in [0.1, 0.15) is 10.7 Å². The van der Waals surface area contributed by atoms with E-state index in [1.54, 1.807) is 14.1 Å². The van der Waals surface area contributed by atoms with Crippen molar-refractivity contribution >= 4 is 33.9 Å². The van der Waals surface area contributed by atoms with Crippen molar-refractivity contribution in [2.45, 2.75) is 13.3 Å². The van der Waals surface area contributed by atoms with E-state index in [0.717, 1.165) is 23.6 Å². The normalized spacial score (nSPS) is 10.2. The lowest BCUT2D eigenvalue weighted by molar-refractivity contribution is 0.230. The van der Waals surface area contributed by atoms with Crippen molar-refractivity contribution in [2.75, 3.05) is 24.7 Å². The van der Waals surface area contributed by atoms with E-state index in [0.29, 0.717) is 5.00 Å². The molecule has 21 heavy (non-hydrogen) atoms. The van der Waals surface area contributed by atoms with Gasteiger partial charge in [-0.25, -0.2) is 4.79 Å². The maximum absolute atomic E-state index is 11.8. The van der Waals surface area contributed by atoms with Crippen LogP contribution < -0.4 is 16.2 Å². The van der Waals surface area contributed by atoms with Crippen LogP contribution in [0.3, 0.4) is 0 Å². The van der Waals surface area contributed by atoms with Crippen molar-refractivity contribution in [1.82, 2.24) is 9.27 Å². The van der Waals surface area contributed by atoms with Crippen LogP contribution in [0.15, 0.2) is 29.1 Å². The molecule has 0 radical (unpaired) electrons. The molecule has 1 aromatic carbocycles. The van der Waals surface area contributed by atoms with E-state index in [2.05, 4.69) is 21.9 Å². The van der Waals surface area contributed by atoms with E-state index in [4.69, 9.17) is 0 Å². The number of benzene rings is 1. The molecule has 112 valence electrons. The number of H-pyrrole nitrogens is 1. The molecule has 0 fully saturated rings. The maximum Gasteiger partial charge on any atom is 0.321 e. The summed E-state index contributed by atoms with van der Waals surface area (Å²) in [5.41, 5.74) is 2.02. The fraction of sp³-hybridized carbons (Fsp3) is 0.286. The van der Waals surface area contributed by atoms with Gasteiger partial charge in [0.25, 0.3) is 5.56 Å². The van der Waals surface area contributed by atoms with E-state index < -0.39 is 0 Å². The number of anilines is 3. The Morgan fingerprint density at radius 2 is 1.95 bits per heavy atom. The van der Waals surface area contributed by atoms with Crippen LogP contribution in [0.4, 0.5) is 21.2 Å². The average molecular weight is 306 g/mol. The van der Waals surface area contributed by atoms with E-state index in [9.17, 15) is 9.59 Å². The molecule has 0 bridgehead atoms. The third-order valence-corrected chi connectivity index (χ3v) is 3.76. The van der Waals surface area contributed by atoms with Gasteiger partial charge in [0.2, 0.25) is 0 Å². The van der Waals surface area contributed by atoms with Gasteiger partial charge in [0.05, 0.1) is 0 Å². The van der Waals surface area contributed by atoms with E-state index in [-0.39, 0.29) is 17.3 Å². The second-order valence-corrected chi connectivity index (χ2v) is 5.55. The summed E-state index contributed by atoms with van der Waals surface area (Å²) < 4.78 is 2.61. The van der Waals surface area contributed by atoms with Gasteiger partial charge in [-0.3, -0.25) is 9.17 Å². The summed E-state index contributed by atoms with van der Waals surface area (Å²) in [6.45, 7) is 2.09. The fourth-order valence-corrected chi connectivity index (χ4v) is 2.39. The summed E-state index contributed by atoms with van der Waals surface area (Å²) in [6, 6.07) is 7.59. The first-order valence-electron chi connectivity index (χ1n) is 6.57. The number of rotatable bonds is 4. The predicted octanol–water partition coefficient (Wildman–Crippen LogP) is 2.84. The van der Waals surface area contributed by atoms with Crippen molar-refractivity contribution in [3.63, 3.8) is 0 Å².